The highest BCUT2D eigenvalue weighted by molar-refractivity contribution is 6.30. The number of carbonyl (C=O) groups is 1. The lowest BCUT2D eigenvalue weighted by Crippen LogP contribution is -1.74. The van der Waals surface area contributed by atoms with Crippen molar-refractivity contribution in [3.05, 3.63) is 34.9 Å². The van der Waals surface area contributed by atoms with Crippen LogP contribution in [0.2, 0.25) is 5.02 Å². The third kappa shape index (κ3) is 3.78. The Balaban J connectivity index is 2.56. The first kappa shape index (κ1) is 9.83. The minimum Gasteiger partial charge on any atom is -0.303 e. The largest absolute Gasteiger partial charge is 0.303 e. The van der Waals surface area contributed by atoms with Gasteiger partial charge in [-0.2, -0.15) is 0 Å². The zero-order chi connectivity index (χ0) is 9.52. The molecule has 0 fully saturated rings. The fourth-order valence-corrected chi connectivity index (χ4v) is 0.955. The van der Waals surface area contributed by atoms with Gasteiger partial charge in [-0.25, -0.2) is 0 Å². The molecule has 0 radical (unpaired) electrons. The zero-order valence-corrected chi connectivity index (χ0v) is 7.84. The van der Waals surface area contributed by atoms with E-state index in [0.29, 0.717) is 17.9 Å². The molecule has 0 bridgehead atoms. The van der Waals surface area contributed by atoms with Crippen molar-refractivity contribution in [1.82, 2.24) is 0 Å². The number of rotatable bonds is 2. The minimum atomic E-state index is 0.501. The number of hydrogen-bond donors (Lipinski definition) is 0. The van der Waals surface area contributed by atoms with Crippen LogP contribution in [0.15, 0.2) is 24.3 Å². The molecule has 0 aliphatic heterocycles. The number of hydrogen-bond acceptors (Lipinski definition) is 1. The molecule has 0 N–H and O–H groups in total. The third-order valence-electron chi connectivity index (χ3n) is 1.46. The van der Waals surface area contributed by atoms with Crippen molar-refractivity contribution >= 4 is 17.9 Å². The van der Waals surface area contributed by atoms with Crippen molar-refractivity contribution in [3.8, 4) is 11.8 Å². The molecule has 1 nitrogen and oxygen atoms in total. The predicted molar refractivity (Wildman–Crippen MR) is 53.6 cm³/mol. The summed E-state index contributed by atoms with van der Waals surface area (Å²) in [5.41, 5.74) is 0.926. The van der Waals surface area contributed by atoms with Crippen molar-refractivity contribution in [2.24, 2.45) is 0 Å². The second kappa shape index (κ2) is 5.40. The number of carbonyl (C=O) groups excluding carboxylic acids is 1. The first-order valence-corrected chi connectivity index (χ1v) is 4.39. The van der Waals surface area contributed by atoms with E-state index in [4.69, 9.17) is 11.6 Å². The van der Waals surface area contributed by atoms with E-state index in [1.807, 2.05) is 12.1 Å². The van der Waals surface area contributed by atoms with Gasteiger partial charge in [-0.05, 0) is 24.3 Å². The van der Waals surface area contributed by atoms with Gasteiger partial charge in [0.25, 0.3) is 0 Å². The summed E-state index contributed by atoms with van der Waals surface area (Å²) in [6, 6.07) is 7.31. The maximum atomic E-state index is 9.98. The van der Waals surface area contributed by atoms with Crippen LogP contribution in [0, 0.1) is 11.8 Å². The van der Waals surface area contributed by atoms with E-state index in [1.165, 1.54) is 0 Å². The Hall–Kier alpha value is -1.26. The summed E-state index contributed by atoms with van der Waals surface area (Å²) in [7, 11) is 0. The van der Waals surface area contributed by atoms with E-state index in [1.54, 1.807) is 12.1 Å². The normalized spacial score (nSPS) is 8.69. The van der Waals surface area contributed by atoms with E-state index in [9.17, 15) is 4.79 Å². The van der Waals surface area contributed by atoms with Gasteiger partial charge in [-0.1, -0.05) is 23.4 Å². The predicted octanol–water partition coefficient (Wildman–Crippen LogP) is 2.67. The molecule has 2 heteroatoms. The molecular weight excluding hydrogens is 184 g/mol. The van der Waals surface area contributed by atoms with Gasteiger partial charge in [0.15, 0.2) is 0 Å². The Morgan fingerprint density at radius 1 is 1.31 bits per heavy atom. The van der Waals surface area contributed by atoms with Gasteiger partial charge in [0.05, 0.1) is 0 Å². The molecule has 0 saturated carbocycles. The summed E-state index contributed by atoms with van der Waals surface area (Å²) in [4.78, 5) is 9.98. The summed E-state index contributed by atoms with van der Waals surface area (Å²) in [5, 5.41) is 0.707. The molecule has 0 atom stereocenters. The highest BCUT2D eigenvalue weighted by atomic mass is 35.5. The molecule has 1 rings (SSSR count). The molecule has 13 heavy (non-hydrogen) atoms. The fraction of sp³-hybridized carbons (Fsp3) is 0.182. The van der Waals surface area contributed by atoms with Crippen LogP contribution in [-0.2, 0) is 4.79 Å². The van der Waals surface area contributed by atoms with Crippen molar-refractivity contribution < 1.29 is 4.79 Å². The molecule has 0 spiro atoms. The molecular formula is C11H9ClO. The second-order valence-electron chi connectivity index (χ2n) is 2.51. The molecule has 0 aliphatic rings. The highest BCUT2D eigenvalue weighted by Gasteiger charge is 1.86. The van der Waals surface area contributed by atoms with Gasteiger partial charge in [0.1, 0.15) is 6.29 Å². The van der Waals surface area contributed by atoms with Crippen LogP contribution in [-0.4, -0.2) is 6.29 Å². The lowest BCUT2D eigenvalue weighted by Gasteiger charge is -1.89. The molecule has 1 aromatic rings. The van der Waals surface area contributed by atoms with Gasteiger partial charge < -0.3 is 4.79 Å². The molecule has 0 amide bonds. The van der Waals surface area contributed by atoms with Crippen molar-refractivity contribution in [3.63, 3.8) is 0 Å². The van der Waals surface area contributed by atoms with Crippen LogP contribution in [0.4, 0.5) is 0 Å². The van der Waals surface area contributed by atoms with E-state index >= 15 is 0 Å². The standard InChI is InChI=1S/C11H9ClO/c12-11-7-5-10(6-8-11)4-2-1-3-9-13/h5-9H,1,3H2. The van der Waals surface area contributed by atoms with Crippen molar-refractivity contribution in [2.45, 2.75) is 12.8 Å². The average Bonchev–Trinajstić information content (AvgIpc) is 2.15. The zero-order valence-electron chi connectivity index (χ0n) is 7.09. The van der Waals surface area contributed by atoms with E-state index in [0.717, 1.165) is 11.8 Å². The van der Waals surface area contributed by atoms with Crippen molar-refractivity contribution in [1.29, 1.82) is 0 Å². The highest BCUT2D eigenvalue weighted by Crippen LogP contribution is 2.08. The lowest BCUT2D eigenvalue weighted by atomic mass is 10.2. The smallest absolute Gasteiger partial charge is 0.120 e. The van der Waals surface area contributed by atoms with Crippen LogP contribution in [0.1, 0.15) is 18.4 Å². The first-order valence-electron chi connectivity index (χ1n) is 4.01. The Morgan fingerprint density at radius 3 is 2.62 bits per heavy atom. The Morgan fingerprint density at radius 2 is 2.00 bits per heavy atom. The van der Waals surface area contributed by atoms with E-state index in [-0.39, 0.29) is 0 Å². The number of unbranched alkanes of at least 4 members (excludes halogenated alkanes) is 1. The van der Waals surface area contributed by atoms with Crippen LogP contribution in [0.3, 0.4) is 0 Å². The molecule has 0 saturated heterocycles. The fourth-order valence-electron chi connectivity index (χ4n) is 0.829. The molecule has 0 aliphatic carbocycles. The topological polar surface area (TPSA) is 17.1 Å². The van der Waals surface area contributed by atoms with Gasteiger partial charge in [0.2, 0.25) is 0 Å². The average molecular weight is 193 g/mol. The van der Waals surface area contributed by atoms with Gasteiger partial charge in [-0.15, -0.1) is 0 Å². The van der Waals surface area contributed by atoms with Crippen LogP contribution >= 0.6 is 11.6 Å². The maximum absolute atomic E-state index is 9.98. The van der Waals surface area contributed by atoms with Gasteiger partial charge in [-0.3, -0.25) is 0 Å². The van der Waals surface area contributed by atoms with Crippen molar-refractivity contribution in [2.75, 3.05) is 0 Å². The van der Waals surface area contributed by atoms with Crippen LogP contribution in [0.25, 0.3) is 0 Å². The maximum Gasteiger partial charge on any atom is 0.120 e. The van der Waals surface area contributed by atoms with E-state index in [2.05, 4.69) is 11.8 Å². The van der Waals surface area contributed by atoms with Crippen LogP contribution < -0.4 is 0 Å². The Bertz CT molecular complexity index is 329. The number of halogens is 1. The van der Waals surface area contributed by atoms with Gasteiger partial charge >= 0.3 is 0 Å². The molecule has 0 heterocycles. The van der Waals surface area contributed by atoms with E-state index < -0.39 is 0 Å². The van der Waals surface area contributed by atoms with Gasteiger partial charge in [0, 0.05) is 23.4 Å². The number of benzene rings is 1. The Kier molecular flexibility index (Phi) is 4.08. The molecule has 0 aromatic heterocycles. The summed E-state index contributed by atoms with van der Waals surface area (Å²) in [6.45, 7) is 0. The summed E-state index contributed by atoms with van der Waals surface area (Å²) < 4.78 is 0. The lowest BCUT2D eigenvalue weighted by molar-refractivity contribution is -0.107. The molecule has 66 valence electrons. The van der Waals surface area contributed by atoms with Crippen LogP contribution in [0.5, 0.6) is 0 Å². The third-order valence-corrected chi connectivity index (χ3v) is 1.72. The summed E-state index contributed by atoms with van der Waals surface area (Å²) in [6.07, 6.45) is 1.99. The summed E-state index contributed by atoms with van der Waals surface area (Å²) >= 11 is 5.70. The molecule has 0 unspecified atom stereocenters. The Labute approximate surface area is 82.7 Å². The first-order chi connectivity index (χ1) is 6.33. The number of aldehydes is 1. The molecule has 1 aromatic carbocycles. The SMILES string of the molecule is O=CCCC#Cc1ccc(Cl)cc1. The minimum absolute atomic E-state index is 0.501. The second-order valence-corrected chi connectivity index (χ2v) is 2.95. The summed E-state index contributed by atoms with van der Waals surface area (Å²) in [5.74, 6) is 5.84. The quantitative estimate of drug-likeness (QED) is 0.400. The monoisotopic (exact) mass is 192 g/mol.